The minimum absolute atomic E-state index is 0.110. The van der Waals surface area contributed by atoms with Crippen molar-refractivity contribution in [2.24, 2.45) is 0 Å². The number of hydrogen-bond acceptors (Lipinski definition) is 3. The van der Waals surface area contributed by atoms with E-state index in [1.54, 1.807) is 18.2 Å². The zero-order valence-corrected chi connectivity index (χ0v) is 10.0. The van der Waals surface area contributed by atoms with Crippen molar-refractivity contribution in [2.75, 3.05) is 20.1 Å². The number of likely N-dealkylation sites (N-methyl/N-ethyl adjacent to an activating group) is 1. The summed E-state index contributed by atoms with van der Waals surface area (Å²) in [6, 6.07) is 6.65. The molecule has 1 aliphatic heterocycles. The second kappa shape index (κ2) is 5.19. The Hall–Kier alpha value is -1.55. The van der Waals surface area contributed by atoms with Crippen LogP contribution >= 0.6 is 0 Å². The van der Waals surface area contributed by atoms with Gasteiger partial charge in [-0.05, 0) is 44.6 Å². The first kappa shape index (κ1) is 11.9. The van der Waals surface area contributed by atoms with Crippen LogP contribution in [0.3, 0.4) is 0 Å². The lowest BCUT2D eigenvalue weighted by atomic mass is 10.1. The third kappa shape index (κ3) is 3.20. The van der Waals surface area contributed by atoms with Crippen molar-refractivity contribution in [3.05, 3.63) is 29.8 Å². The number of aromatic hydroxyl groups is 1. The van der Waals surface area contributed by atoms with E-state index in [0.29, 0.717) is 5.56 Å². The number of likely N-dealkylation sites (tertiary alicyclic amines) is 1. The molecule has 0 aromatic heterocycles. The van der Waals surface area contributed by atoms with Crippen LogP contribution in [-0.2, 0) is 0 Å². The molecule has 17 heavy (non-hydrogen) atoms. The van der Waals surface area contributed by atoms with Crippen LogP contribution in [0.4, 0.5) is 0 Å². The Kier molecular flexibility index (Phi) is 3.64. The molecule has 1 heterocycles. The lowest BCUT2D eigenvalue weighted by Crippen LogP contribution is -2.46. The predicted molar refractivity (Wildman–Crippen MR) is 66.1 cm³/mol. The quantitative estimate of drug-likeness (QED) is 0.809. The zero-order chi connectivity index (χ0) is 12.3. The fraction of sp³-hybridized carbons (Fsp3) is 0.462. The van der Waals surface area contributed by atoms with Gasteiger partial charge in [0.1, 0.15) is 5.75 Å². The molecule has 1 fully saturated rings. The van der Waals surface area contributed by atoms with E-state index in [4.69, 9.17) is 0 Å². The second-order valence-corrected chi connectivity index (χ2v) is 4.63. The molecule has 0 aliphatic carbocycles. The molecule has 2 rings (SSSR count). The smallest absolute Gasteiger partial charge is 0.251 e. The summed E-state index contributed by atoms with van der Waals surface area (Å²) in [7, 11) is 2.06. The number of rotatable bonds is 2. The Bertz CT molecular complexity index is 406. The van der Waals surface area contributed by atoms with E-state index in [9.17, 15) is 9.90 Å². The van der Waals surface area contributed by atoms with Gasteiger partial charge in [-0.25, -0.2) is 0 Å². The lowest BCUT2D eigenvalue weighted by Gasteiger charge is -2.30. The highest BCUT2D eigenvalue weighted by molar-refractivity contribution is 5.94. The van der Waals surface area contributed by atoms with Crippen molar-refractivity contribution >= 4 is 5.91 Å². The van der Waals surface area contributed by atoms with Gasteiger partial charge in [-0.2, -0.15) is 0 Å². The number of phenols is 1. The van der Waals surface area contributed by atoms with Gasteiger partial charge in [-0.15, -0.1) is 0 Å². The number of phenolic OH excluding ortho intramolecular Hbond substituents is 1. The largest absolute Gasteiger partial charge is 0.508 e. The molecule has 0 bridgehead atoms. The van der Waals surface area contributed by atoms with Crippen molar-refractivity contribution in [1.82, 2.24) is 10.2 Å². The third-order valence-corrected chi connectivity index (χ3v) is 3.07. The van der Waals surface area contributed by atoms with Crippen LogP contribution in [0.15, 0.2) is 24.3 Å². The Labute approximate surface area is 101 Å². The van der Waals surface area contributed by atoms with Crippen molar-refractivity contribution in [1.29, 1.82) is 0 Å². The molecule has 2 N–H and O–H groups in total. The molecule has 0 spiro atoms. The summed E-state index contributed by atoms with van der Waals surface area (Å²) < 4.78 is 0. The van der Waals surface area contributed by atoms with E-state index in [1.807, 2.05) is 0 Å². The molecular weight excluding hydrogens is 216 g/mol. The standard InChI is InChI=1S/C13H18N2O2/c1-15-7-3-5-11(9-15)14-13(17)10-4-2-6-12(16)8-10/h2,4,6,8,11,16H,3,5,7,9H2,1H3,(H,14,17)/t11-/m1/s1. The fourth-order valence-electron chi connectivity index (χ4n) is 2.20. The average Bonchev–Trinajstić information content (AvgIpc) is 2.29. The van der Waals surface area contributed by atoms with E-state index in [0.717, 1.165) is 25.9 Å². The molecule has 1 amide bonds. The topological polar surface area (TPSA) is 52.6 Å². The monoisotopic (exact) mass is 234 g/mol. The van der Waals surface area contributed by atoms with Crippen molar-refractivity contribution < 1.29 is 9.90 Å². The Morgan fingerprint density at radius 1 is 1.53 bits per heavy atom. The van der Waals surface area contributed by atoms with Crippen molar-refractivity contribution in [2.45, 2.75) is 18.9 Å². The summed E-state index contributed by atoms with van der Waals surface area (Å²) in [4.78, 5) is 14.2. The van der Waals surface area contributed by atoms with E-state index in [2.05, 4.69) is 17.3 Å². The minimum atomic E-state index is -0.110. The summed E-state index contributed by atoms with van der Waals surface area (Å²) in [6.07, 6.45) is 2.14. The van der Waals surface area contributed by atoms with Gasteiger partial charge in [0.25, 0.3) is 5.91 Å². The summed E-state index contributed by atoms with van der Waals surface area (Å²) in [5.41, 5.74) is 0.512. The Morgan fingerprint density at radius 2 is 2.35 bits per heavy atom. The molecule has 0 radical (unpaired) electrons. The van der Waals surface area contributed by atoms with Gasteiger partial charge in [0.2, 0.25) is 0 Å². The molecule has 1 atom stereocenters. The first-order chi connectivity index (χ1) is 8.15. The molecule has 0 saturated carbocycles. The van der Waals surface area contributed by atoms with Crippen LogP contribution in [0.25, 0.3) is 0 Å². The average molecular weight is 234 g/mol. The van der Waals surface area contributed by atoms with Gasteiger partial charge in [-0.3, -0.25) is 4.79 Å². The molecule has 92 valence electrons. The normalized spacial score (nSPS) is 21.1. The molecule has 4 heteroatoms. The summed E-state index contributed by atoms with van der Waals surface area (Å²) in [5, 5.41) is 12.3. The van der Waals surface area contributed by atoms with E-state index in [-0.39, 0.29) is 17.7 Å². The third-order valence-electron chi connectivity index (χ3n) is 3.07. The first-order valence-corrected chi connectivity index (χ1v) is 5.93. The van der Waals surface area contributed by atoms with Crippen LogP contribution in [-0.4, -0.2) is 42.1 Å². The predicted octanol–water partition coefficient (Wildman–Crippen LogP) is 1.22. The van der Waals surface area contributed by atoms with Crippen LogP contribution in [0.5, 0.6) is 5.75 Å². The number of hydrogen-bond donors (Lipinski definition) is 2. The molecule has 1 aromatic carbocycles. The zero-order valence-electron chi connectivity index (χ0n) is 10.0. The highest BCUT2D eigenvalue weighted by Gasteiger charge is 2.19. The number of carbonyl (C=O) groups excluding carboxylic acids is 1. The molecule has 1 aliphatic rings. The summed E-state index contributed by atoms with van der Waals surface area (Å²) in [5.74, 6) is 0.0135. The maximum Gasteiger partial charge on any atom is 0.251 e. The Balaban J connectivity index is 1.97. The van der Waals surface area contributed by atoms with Gasteiger partial charge in [0.15, 0.2) is 0 Å². The number of nitrogens with zero attached hydrogens (tertiary/aromatic N) is 1. The first-order valence-electron chi connectivity index (χ1n) is 5.93. The van der Waals surface area contributed by atoms with Gasteiger partial charge >= 0.3 is 0 Å². The molecule has 1 saturated heterocycles. The maximum atomic E-state index is 11.9. The number of benzene rings is 1. The number of amides is 1. The molecule has 4 nitrogen and oxygen atoms in total. The van der Waals surface area contributed by atoms with E-state index in [1.165, 1.54) is 6.07 Å². The molecule has 1 aromatic rings. The number of nitrogens with one attached hydrogen (secondary N) is 1. The van der Waals surface area contributed by atoms with Crippen LogP contribution in [0.2, 0.25) is 0 Å². The summed E-state index contributed by atoms with van der Waals surface area (Å²) >= 11 is 0. The molecule has 0 unspecified atom stereocenters. The number of piperidine rings is 1. The lowest BCUT2D eigenvalue weighted by molar-refractivity contribution is 0.0912. The Morgan fingerprint density at radius 3 is 3.06 bits per heavy atom. The van der Waals surface area contributed by atoms with Gasteiger partial charge in [0, 0.05) is 18.2 Å². The van der Waals surface area contributed by atoms with Crippen LogP contribution in [0, 0.1) is 0 Å². The van der Waals surface area contributed by atoms with Crippen molar-refractivity contribution in [3.8, 4) is 5.75 Å². The van der Waals surface area contributed by atoms with Gasteiger partial charge < -0.3 is 15.3 Å². The van der Waals surface area contributed by atoms with Gasteiger partial charge in [0.05, 0.1) is 0 Å². The SMILES string of the molecule is CN1CCC[C@@H](NC(=O)c2cccc(O)c2)C1. The minimum Gasteiger partial charge on any atom is -0.508 e. The van der Waals surface area contributed by atoms with Crippen LogP contribution < -0.4 is 5.32 Å². The maximum absolute atomic E-state index is 11.9. The van der Waals surface area contributed by atoms with Crippen molar-refractivity contribution in [3.63, 3.8) is 0 Å². The fourth-order valence-corrected chi connectivity index (χ4v) is 2.20. The highest BCUT2D eigenvalue weighted by atomic mass is 16.3. The van der Waals surface area contributed by atoms with Gasteiger partial charge in [-0.1, -0.05) is 6.07 Å². The van der Waals surface area contributed by atoms with E-state index < -0.39 is 0 Å². The number of carbonyl (C=O) groups is 1. The second-order valence-electron chi connectivity index (χ2n) is 4.63. The van der Waals surface area contributed by atoms with Crippen LogP contribution in [0.1, 0.15) is 23.2 Å². The molecular formula is C13H18N2O2. The summed E-state index contributed by atoms with van der Waals surface area (Å²) in [6.45, 7) is 1.99. The van der Waals surface area contributed by atoms with E-state index >= 15 is 0 Å². The highest BCUT2D eigenvalue weighted by Crippen LogP contribution is 2.12.